The average molecular weight is 220 g/mol. The Bertz CT molecular complexity index is 27.2. The van der Waals surface area contributed by atoms with Gasteiger partial charge in [-0.25, -0.2) is 0 Å². The van der Waals surface area contributed by atoms with Gasteiger partial charge in [-0.05, 0) is 5.92 Å². The number of hydrogen-bond acceptors (Lipinski definition) is 0. The zero-order valence-electron chi connectivity index (χ0n) is 13.6. The van der Waals surface area contributed by atoms with Gasteiger partial charge in [-0.1, -0.05) is 89.0 Å². The van der Waals surface area contributed by atoms with Gasteiger partial charge >= 0.3 is 0 Å². The molecule has 0 saturated carbocycles. The van der Waals surface area contributed by atoms with Crippen LogP contribution in [0.5, 0.6) is 0 Å². The highest BCUT2D eigenvalue weighted by atomic mass is 13.7. The molecular weight excluding hydrogens is 179 g/mol. The van der Waals surface area contributed by atoms with E-state index in [2.05, 4.69) is 48.5 Å². The summed E-state index contributed by atoms with van der Waals surface area (Å²) in [5.74, 6) is 0.833. The predicted molar refractivity (Wildman–Crippen MR) is 83.0 cm³/mol. The zero-order valence-corrected chi connectivity index (χ0v) is 13.6. The zero-order chi connectivity index (χ0) is 13.0. The first-order valence-electron chi connectivity index (χ1n) is 6.56. The topological polar surface area (TPSA) is 0 Å². The van der Waals surface area contributed by atoms with E-state index in [1.54, 1.807) is 0 Å². The van der Waals surface area contributed by atoms with E-state index >= 15 is 0 Å². The molecule has 0 aromatic heterocycles. The molecule has 1 heteroatoms. The normalized spacial score (nSPS) is 5.60. The second-order valence-corrected chi connectivity index (χ2v) is 3.15. The maximum Gasteiger partial charge on any atom is 0 e. The van der Waals surface area contributed by atoms with Crippen molar-refractivity contribution in [2.45, 2.75) is 89.0 Å². The molecule has 99 valence electrons. The Morgan fingerprint density at radius 1 is 0.667 bits per heavy atom. The van der Waals surface area contributed by atoms with Gasteiger partial charge in [0.25, 0.3) is 0 Å². The van der Waals surface area contributed by atoms with Gasteiger partial charge in [0.1, 0.15) is 0 Å². The van der Waals surface area contributed by atoms with Crippen LogP contribution in [0.15, 0.2) is 0 Å². The molecule has 0 nitrogen and oxygen atoms in total. The summed E-state index contributed by atoms with van der Waals surface area (Å²) >= 11 is 0. The van der Waals surface area contributed by atoms with Crippen LogP contribution < -0.4 is 0 Å². The van der Waals surface area contributed by atoms with E-state index < -0.39 is 0 Å². The summed E-state index contributed by atoms with van der Waals surface area (Å²) in [7, 11) is 0. The summed E-state index contributed by atoms with van der Waals surface area (Å²) in [5, 5.41) is 0. The van der Waals surface area contributed by atoms with Crippen molar-refractivity contribution in [3.8, 4) is 0 Å². The van der Waals surface area contributed by atoms with Crippen molar-refractivity contribution in [1.82, 2.24) is 0 Å². The molecule has 0 aliphatic rings. The van der Waals surface area contributed by atoms with Gasteiger partial charge in [0.2, 0.25) is 0 Å². The van der Waals surface area contributed by atoms with Gasteiger partial charge in [-0.3, -0.25) is 0 Å². The maximum absolute atomic E-state index is 2.17. The standard InChI is InChI=1S/C4H10.2C3H8.2C2H6.B.H2/c1-4(2)3;2*1-3-2;2*1-2;;/h4H,1-3H3;2*3H2,1-2H3;2*1-2H3;;1H/i;;;;;;1+1. The molecule has 0 saturated heterocycles. The van der Waals surface area contributed by atoms with Gasteiger partial charge in [0, 0.05) is 9.84 Å². The van der Waals surface area contributed by atoms with Crippen LogP contribution >= 0.6 is 0 Å². The predicted octanol–water partition coefficient (Wildman–Crippen LogP) is 6.41. The second-order valence-electron chi connectivity index (χ2n) is 3.15. The molecule has 0 aromatic carbocycles. The lowest BCUT2D eigenvalue weighted by atomic mass is 10.3. The smallest absolute Gasteiger partial charge is 0 e. The Morgan fingerprint density at radius 2 is 0.667 bits per heavy atom. The lowest BCUT2D eigenvalue weighted by Crippen LogP contribution is -1.66. The molecule has 0 spiro atoms. The van der Waals surface area contributed by atoms with Crippen LogP contribution in [0.2, 0.25) is 0 Å². The van der Waals surface area contributed by atoms with Gasteiger partial charge in [-0.15, -0.1) is 0 Å². The third kappa shape index (κ3) is 486000. The van der Waals surface area contributed by atoms with Crippen molar-refractivity contribution in [2.75, 3.05) is 0 Å². The summed E-state index contributed by atoms with van der Waals surface area (Å²) in [6.45, 7) is 23.0. The Kier molecular flexibility index (Phi) is 226. The van der Waals surface area contributed by atoms with Crippen LogP contribution in [0.25, 0.3) is 0 Å². The molecule has 0 unspecified atom stereocenters. The third-order valence-corrected chi connectivity index (χ3v) is 0. The van der Waals surface area contributed by atoms with Crippen molar-refractivity contribution in [1.29, 1.82) is 0 Å². The molecule has 15 heavy (non-hydrogen) atoms. The van der Waals surface area contributed by atoms with Gasteiger partial charge in [0.15, 0.2) is 0 Å². The van der Waals surface area contributed by atoms with Crippen molar-refractivity contribution in [3.05, 3.63) is 0 Å². The van der Waals surface area contributed by atoms with E-state index in [-0.39, 0.29) is 9.84 Å². The minimum atomic E-state index is 0. The molecule has 0 aliphatic heterocycles. The van der Waals surface area contributed by atoms with E-state index in [0.29, 0.717) is 0 Å². The highest BCUT2D eigenvalue weighted by molar-refractivity contribution is 5.75. The molecule has 0 N–H and O–H groups in total. The van der Waals surface area contributed by atoms with Crippen LogP contribution in [0.1, 0.15) is 90.4 Å². The van der Waals surface area contributed by atoms with Crippen molar-refractivity contribution in [3.63, 3.8) is 0 Å². The summed E-state index contributed by atoms with van der Waals surface area (Å²) in [4.78, 5) is 0. The lowest BCUT2D eigenvalue weighted by Gasteiger charge is -1.79. The second kappa shape index (κ2) is 93.6. The van der Waals surface area contributed by atoms with Gasteiger partial charge < -0.3 is 0 Å². The summed E-state index contributed by atoms with van der Waals surface area (Å²) in [6, 6.07) is 0. The molecular formula is C14H40B. The third-order valence-electron chi connectivity index (χ3n) is 0. The van der Waals surface area contributed by atoms with E-state index in [9.17, 15) is 0 Å². The molecule has 0 atom stereocenters. The van der Waals surface area contributed by atoms with E-state index in [1.807, 2.05) is 27.7 Å². The van der Waals surface area contributed by atoms with Crippen LogP contribution in [0, 0.1) is 5.92 Å². The maximum atomic E-state index is 2.17. The fourth-order valence-electron chi connectivity index (χ4n) is 0. The molecule has 0 heterocycles. The molecule has 0 fully saturated rings. The molecule has 0 rings (SSSR count). The Morgan fingerprint density at radius 3 is 0.667 bits per heavy atom. The molecule has 0 bridgehead atoms. The van der Waals surface area contributed by atoms with Gasteiger partial charge in [0.05, 0.1) is 0 Å². The van der Waals surface area contributed by atoms with Crippen LogP contribution in [-0.4, -0.2) is 8.41 Å². The van der Waals surface area contributed by atoms with E-state index in [0.717, 1.165) is 5.92 Å². The molecule has 0 aromatic rings. The van der Waals surface area contributed by atoms with Crippen LogP contribution in [0.3, 0.4) is 0 Å². The first kappa shape index (κ1) is 36.3. The summed E-state index contributed by atoms with van der Waals surface area (Å²) in [6.07, 6.45) is 2.50. The quantitative estimate of drug-likeness (QED) is 0.413. The van der Waals surface area contributed by atoms with Crippen molar-refractivity contribution < 1.29 is 1.43 Å². The first-order chi connectivity index (χ1) is 6.56. The highest BCUT2D eigenvalue weighted by Crippen LogP contribution is 1.81. The molecule has 0 amide bonds. The monoisotopic (exact) mass is 220 g/mol. The molecule has 0 aliphatic carbocycles. The van der Waals surface area contributed by atoms with E-state index in [1.165, 1.54) is 12.8 Å². The Balaban J connectivity index is -0.0000000126. The highest BCUT2D eigenvalue weighted by Gasteiger charge is 1.68. The summed E-state index contributed by atoms with van der Waals surface area (Å²) in [5.41, 5.74) is 0. The minimum Gasteiger partial charge on any atom is -0.0683 e. The van der Waals surface area contributed by atoms with Gasteiger partial charge in [-0.2, -0.15) is 0 Å². The Hall–Kier alpha value is 0.0649. The number of hydrogen-bond donors (Lipinski definition) is 0. The molecule has 3 radical (unpaired) electrons. The largest absolute Gasteiger partial charge is 0.0683 e. The summed E-state index contributed by atoms with van der Waals surface area (Å²) < 4.78 is 0. The lowest BCUT2D eigenvalue weighted by molar-refractivity contribution is 0.737. The first-order valence-corrected chi connectivity index (χ1v) is 6.56. The SMILES string of the molecule is CC.CC.CC(C)C.CCC.CCC.[2HH].[B]. The fourth-order valence-corrected chi connectivity index (χ4v) is 0. The fraction of sp³-hybridized carbons (Fsp3) is 1.00. The van der Waals surface area contributed by atoms with Crippen molar-refractivity contribution in [2.24, 2.45) is 5.92 Å². The average Bonchev–Trinajstić information content (AvgIpc) is 2.12. The van der Waals surface area contributed by atoms with E-state index in [4.69, 9.17) is 0 Å². The van der Waals surface area contributed by atoms with Crippen LogP contribution in [0.4, 0.5) is 0 Å². The van der Waals surface area contributed by atoms with Crippen LogP contribution in [-0.2, 0) is 0 Å². The van der Waals surface area contributed by atoms with Crippen molar-refractivity contribution >= 4 is 8.41 Å². The Labute approximate surface area is 105 Å². The minimum absolute atomic E-state index is 0. The number of rotatable bonds is 0.